The fourth-order valence-electron chi connectivity index (χ4n) is 1.46. The van der Waals surface area contributed by atoms with Gasteiger partial charge >= 0.3 is 6.03 Å². The Morgan fingerprint density at radius 2 is 1.84 bits per heavy atom. The Bertz CT molecular complexity index is 529. The highest BCUT2D eigenvalue weighted by Gasteiger charge is 2.03. The number of nitrogens with one attached hydrogen (secondary N) is 3. The minimum absolute atomic E-state index is 0.177. The second kappa shape index (κ2) is 7.10. The van der Waals surface area contributed by atoms with Gasteiger partial charge in [-0.05, 0) is 18.1 Å². The molecule has 1 aromatic rings. The van der Waals surface area contributed by atoms with Gasteiger partial charge in [-0.15, -0.1) is 0 Å². The number of aryl methyl sites for hydroxylation is 1. The summed E-state index contributed by atoms with van der Waals surface area (Å²) in [4.78, 5) is 11.5. The molecule has 3 N–H and O–H groups in total. The fraction of sp³-hybridized carbons (Fsp3) is 0.417. The Morgan fingerprint density at radius 1 is 1.16 bits per heavy atom. The zero-order valence-corrected chi connectivity index (χ0v) is 11.9. The van der Waals surface area contributed by atoms with Crippen molar-refractivity contribution in [2.45, 2.75) is 13.5 Å². The summed E-state index contributed by atoms with van der Waals surface area (Å²) in [6, 6.07) is 7.46. The molecule has 0 unspecified atom stereocenters. The topological polar surface area (TPSA) is 87.3 Å². The van der Waals surface area contributed by atoms with Crippen molar-refractivity contribution in [3.8, 4) is 0 Å². The van der Waals surface area contributed by atoms with E-state index in [1.807, 2.05) is 31.2 Å². The molecular weight excluding hydrogens is 266 g/mol. The summed E-state index contributed by atoms with van der Waals surface area (Å²) >= 11 is 0. The van der Waals surface area contributed by atoms with Gasteiger partial charge < -0.3 is 10.6 Å². The molecule has 0 saturated carbocycles. The van der Waals surface area contributed by atoms with Crippen LogP contribution in [0.15, 0.2) is 24.3 Å². The van der Waals surface area contributed by atoms with Gasteiger partial charge in [0.1, 0.15) is 0 Å². The van der Waals surface area contributed by atoms with Gasteiger partial charge in [-0.1, -0.05) is 24.3 Å². The number of urea groups is 1. The van der Waals surface area contributed by atoms with Crippen LogP contribution in [0.25, 0.3) is 0 Å². The third-order valence-electron chi connectivity index (χ3n) is 2.48. The van der Waals surface area contributed by atoms with Crippen molar-refractivity contribution in [3.05, 3.63) is 35.4 Å². The van der Waals surface area contributed by atoms with E-state index in [9.17, 15) is 13.2 Å². The lowest BCUT2D eigenvalue weighted by Gasteiger charge is -2.09. The molecule has 0 fully saturated rings. The molecule has 1 aromatic carbocycles. The van der Waals surface area contributed by atoms with E-state index in [-0.39, 0.29) is 19.1 Å². The monoisotopic (exact) mass is 285 g/mol. The lowest BCUT2D eigenvalue weighted by molar-refractivity contribution is 0.240. The summed E-state index contributed by atoms with van der Waals surface area (Å²) in [6.07, 6.45) is 1.07. The molecule has 19 heavy (non-hydrogen) atoms. The number of hydrogen-bond acceptors (Lipinski definition) is 3. The molecule has 0 spiro atoms. The van der Waals surface area contributed by atoms with Gasteiger partial charge in [0, 0.05) is 19.6 Å². The van der Waals surface area contributed by atoms with E-state index >= 15 is 0 Å². The zero-order valence-electron chi connectivity index (χ0n) is 11.1. The average Bonchev–Trinajstić information content (AvgIpc) is 2.32. The van der Waals surface area contributed by atoms with Crippen LogP contribution in [0.3, 0.4) is 0 Å². The standard InChI is InChI=1S/C12H19N3O3S/c1-10-5-3-4-6-11(10)9-14-12(16)13-7-8-15-19(2,17)18/h3-6,15H,7-9H2,1-2H3,(H2,13,14,16). The van der Waals surface area contributed by atoms with Crippen LogP contribution in [0.2, 0.25) is 0 Å². The van der Waals surface area contributed by atoms with E-state index in [1.165, 1.54) is 0 Å². The number of benzene rings is 1. The summed E-state index contributed by atoms with van der Waals surface area (Å²) in [5.41, 5.74) is 2.16. The number of amides is 2. The maximum absolute atomic E-state index is 11.5. The molecule has 0 atom stereocenters. The maximum atomic E-state index is 11.5. The smallest absolute Gasteiger partial charge is 0.315 e. The molecule has 0 heterocycles. The highest BCUT2D eigenvalue weighted by molar-refractivity contribution is 7.88. The molecule has 6 nitrogen and oxygen atoms in total. The molecule has 0 aliphatic rings. The molecule has 0 aromatic heterocycles. The number of carbonyl (C=O) groups excluding carboxylic acids is 1. The summed E-state index contributed by atoms with van der Waals surface area (Å²) in [7, 11) is -3.20. The minimum Gasteiger partial charge on any atom is -0.337 e. The number of carbonyl (C=O) groups is 1. The van der Waals surface area contributed by atoms with Gasteiger partial charge in [0.25, 0.3) is 0 Å². The summed E-state index contributed by atoms with van der Waals surface area (Å²) < 4.78 is 23.9. The average molecular weight is 285 g/mol. The van der Waals surface area contributed by atoms with Crippen LogP contribution in [-0.2, 0) is 16.6 Å². The van der Waals surface area contributed by atoms with Gasteiger partial charge in [-0.3, -0.25) is 0 Å². The number of sulfonamides is 1. The second-order valence-electron chi connectivity index (χ2n) is 4.20. The molecule has 0 saturated heterocycles. The van der Waals surface area contributed by atoms with Crippen molar-refractivity contribution in [1.82, 2.24) is 15.4 Å². The normalized spacial score (nSPS) is 11.1. The highest BCUT2D eigenvalue weighted by Crippen LogP contribution is 2.05. The van der Waals surface area contributed by atoms with E-state index in [4.69, 9.17) is 0 Å². The van der Waals surface area contributed by atoms with E-state index < -0.39 is 10.0 Å². The molecule has 2 amide bonds. The van der Waals surface area contributed by atoms with E-state index in [0.717, 1.165) is 17.4 Å². The molecule has 1 rings (SSSR count). The molecule has 0 aliphatic heterocycles. The Hall–Kier alpha value is -1.60. The van der Waals surface area contributed by atoms with Gasteiger partial charge in [0.2, 0.25) is 10.0 Å². The molecule has 0 radical (unpaired) electrons. The van der Waals surface area contributed by atoms with Crippen LogP contribution >= 0.6 is 0 Å². The molecular formula is C12H19N3O3S. The number of hydrogen-bond donors (Lipinski definition) is 3. The van der Waals surface area contributed by atoms with Crippen LogP contribution in [0.4, 0.5) is 4.79 Å². The Labute approximate surface area is 113 Å². The second-order valence-corrected chi connectivity index (χ2v) is 6.04. The van der Waals surface area contributed by atoms with Crippen molar-refractivity contribution in [3.63, 3.8) is 0 Å². The van der Waals surface area contributed by atoms with E-state index in [2.05, 4.69) is 15.4 Å². The first-order chi connectivity index (χ1) is 8.88. The molecule has 7 heteroatoms. The van der Waals surface area contributed by atoms with Crippen LogP contribution in [0.5, 0.6) is 0 Å². The number of rotatable bonds is 6. The zero-order chi connectivity index (χ0) is 14.3. The third kappa shape index (κ3) is 6.78. The summed E-state index contributed by atoms with van der Waals surface area (Å²) in [6.45, 7) is 2.84. The SMILES string of the molecule is Cc1ccccc1CNC(=O)NCCNS(C)(=O)=O. The van der Waals surface area contributed by atoms with Crippen molar-refractivity contribution >= 4 is 16.1 Å². The van der Waals surface area contributed by atoms with Gasteiger partial charge in [-0.25, -0.2) is 17.9 Å². The van der Waals surface area contributed by atoms with Crippen LogP contribution in [0, 0.1) is 6.92 Å². The van der Waals surface area contributed by atoms with Gasteiger partial charge in [0.05, 0.1) is 6.26 Å². The Kier molecular flexibility index (Phi) is 5.78. The van der Waals surface area contributed by atoms with Crippen molar-refractivity contribution in [1.29, 1.82) is 0 Å². The summed E-state index contributed by atoms with van der Waals surface area (Å²) in [5, 5.41) is 5.28. The first kappa shape index (κ1) is 15.5. The van der Waals surface area contributed by atoms with E-state index in [0.29, 0.717) is 6.54 Å². The van der Waals surface area contributed by atoms with Crippen molar-refractivity contribution in [2.24, 2.45) is 0 Å². The molecule has 0 bridgehead atoms. The fourth-order valence-corrected chi connectivity index (χ4v) is 1.93. The van der Waals surface area contributed by atoms with Gasteiger partial charge in [-0.2, -0.15) is 0 Å². The van der Waals surface area contributed by atoms with Crippen LogP contribution in [-0.4, -0.2) is 33.8 Å². The maximum Gasteiger partial charge on any atom is 0.315 e. The lowest BCUT2D eigenvalue weighted by atomic mass is 10.1. The largest absolute Gasteiger partial charge is 0.337 e. The molecule has 0 aliphatic carbocycles. The van der Waals surface area contributed by atoms with E-state index in [1.54, 1.807) is 0 Å². The van der Waals surface area contributed by atoms with Crippen molar-refractivity contribution < 1.29 is 13.2 Å². The predicted molar refractivity (Wildman–Crippen MR) is 74.3 cm³/mol. The Balaban J connectivity index is 2.24. The molecule has 106 valence electrons. The quantitative estimate of drug-likeness (QED) is 0.659. The summed E-state index contributed by atoms with van der Waals surface area (Å²) in [5.74, 6) is 0. The lowest BCUT2D eigenvalue weighted by Crippen LogP contribution is -2.39. The van der Waals surface area contributed by atoms with Crippen LogP contribution < -0.4 is 15.4 Å². The predicted octanol–water partition coefficient (Wildman–Crippen LogP) is 0.343. The first-order valence-corrected chi connectivity index (χ1v) is 7.78. The van der Waals surface area contributed by atoms with Crippen molar-refractivity contribution in [2.75, 3.05) is 19.3 Å². The highest BCUT2D eigenvalue weighted by atomic mass is 32.2. The van der Waals surface area contributed by atoms with Crippen LogP contribution in [0.1, 0.15) is 11.1 Å². The van der Waals surface area contributed by atoms with Gasteiger partial charge in [0.15, 0.2) is 0 Å². The first-order valence-electron chi connectivity index (χ1n) is 5.89. The third-order valence-corrected chi connectivity index (χ3v) is 3.20. The minimum atomic E-state index is -3.20. The Morgan fingerprint density at radius 3 is 2.47 bits per heavy atom.